The van der Waals surface area contributed by atoms with Gasteiger partial charge in [0.2, 0.25) is 11.8 Å². The van der Waals surface area contributed by atoms with Gasteiger partial charge in [0.15, 0.2) is 0 Å². The van der Waals surface area contributed by atoms with Crippen LogP contribution < -0.4 is 10.6 Å². The van der Waals surface area contributed by atoms with Crippen LogP contribution in [0.5, 0.6) is 0 Å². The van der Waals surface area contributed by atoms with Gasteiger partial charge in [-0.15, -0.1) is 0 Å². The predicted molar refractivity (Wildman–Crippen MR) is 245 cm³/mol. The summed E-state index contributed by atoms with van der Waals surface area (Å²) in [6, 6.07) is -1.39. The van der Waals surface area contributed by atoms with Crippen molar-refractivity contribution in [1.82, 2.24) is 10.6 Å². The summed E-state index contributed by atoms with van der Waals surface area (Å²) >= 11 is 0. The number of esters is 1. The number of carboxylic acid groups (broad SMARTS) is 1. The second-order valence-electron chi connectivity index (χ2n) is 16.6. The topological polar surface area (TPSA) is 142 Å². The highest BCUT2D eigenvalue weighted by Crippen LogP contribution is 2.17. The van der Waals surface area contributed by atoms with Gasteiger partial charge in [0.1, 0.15) is 12.1 Å². The average Bonchev–Trinajstić information content (AvgIpc) is 3.22. The van der Waals surface area contributed by atoms with Crippen molar-refractivity contribution in [2.45, 2.75) is 244 Å². The Labute approximate surface area is 361 Å². The number of hydrogen-bond acceptors (Lipinski definition) is 6. The summed E-state index contributed by atoms with van der Waals surface area (Å²) in [6.07, 6.45) is 52.0. The number of rotatable bonds is 44. The molecule has 0 heterocycles. The first-order valence-electron chi connectivity index (χ1n) is 24.4. The van der Waals surface area contributed by atoms with Crippen LogP contribution in [0.2, 0.25) is 0 Å². The van der Waals surface area contributed by atoms with Gasteiger partial charge in [-0.1, -0.05) is 198 Å². The Morgan fingerprint density at radius 3 is 1.47 bits per heavy atom. The molecule has 2 atom stereocenters. The largest absolute Gasteiger partial charge is 0.480 e. The van der Waals surface area contributed by atoms with Crippen molar-refractivity contribution in [3.8, 4) is 0 Å². The molecule has 0 aromatic rings. The molecule has 0 aliphatic heterocycles. The lowest BCUT2D eigenvalue weighted by Crippen LogP contribution is -2.47. The van der Waals surface area contributed by atoms with Crippen LogP contribution in [0.3, 0.4) is 0 Å². The number of amides is 2. The molecule has 0 rings (SSSR count). The van der Waals surface area contributed by atoms with E-state index in [2.05, 4.69) is 54.9 Å². The Morgan fingerprint density at radius 1 is 0.525 bits per heavy atom. The minimum absolute atomic E-state index is 0.111. The van der Waals surface area contributed by atoms with Crippen LogP contribution in [0.4, 0.5) is 0 Å². The first kappa shape index (κ1) is 56.1. The maximum absolute atomic E-state index is 12.8. The molecule has 2 unspecified atom stereocenters. The molecule has 0 aliphatic carbocycles. The van der Waals surface area contributed by atoms with Gasteiger partial charge in [-0.25, -0.2) is 4.79 Å². The Kier molecular flexibility index (Phi) is 42.4. The smallest absolute Gasteiger partial charge is 0.328 e. The number of carbonyl (C=O) groups is 4. The molecule has 0 saturated heterocycles. The molecule has 0 spiro atoms. The van der Waals surface area contributed by atoms with Gasteiger partial charge in [0.05, 0.1) is 13.2 Å². The van der Waals surface area contributed by atoms with Gasteiger partial charge in [-0.05, 0) is 57.4 Å². The highest BCUT2D eigenvalue weighted by molar-refractivity contribution is 5.87. The number of aliphatic hydroxyl groups is 1. The van der Waals surface area contributed by atoms with Gasteiger partial charge in [0, 0.05) is 12.8 Å². The normalized spacial score (nSPS) is 12.7. The number of aliphatic hydroxyl groups excluding tert-OH is 1. The van der Waals surface area contributed by atoms with Crippen molar-refractivity contribution < 1.29 is 34.1 Å². The first-order chi connectivity index (χ1) is 28.8. The van der Waals surface area contributed by atoms with Crippen molar-refractivity contribution in [2.24, 2.45) is 0 Å². The molecule has 0 aromatic heterocycles. The molecule has 2 amide bonds. The number of hydrogen-bond donors (Lipinski definition) is 4. The molecule has 9 nitrogen and oxygen atoms in total. The molecule has 342 valence electrons. The molecule has 0 fully saturated rings. The number of allylic oxidation sites excluding steroid dienone is 5. The SMILES string of the molecule is CCCCC/C=C\C/C=C\C/C=C\C(CCCCCCCC(=O)NCC(=O)NC(CO)C(=O)O)OC(=O)CCCCCCCCCCCCCCCCCCCCCC. The highest BCUT2D eigenvalue weighted by Gasteiger charge is 2.18. The van der Waals surface area contributed by atoms with Crippen LogP contribution in [0.15, 0.2) is 36.5 Å². The van der Waals surface area contributed by atoms with E-state index in [1.54, 1.807) is 0 Å². The van der Waals surface area contributed by atoms with Gasteiger partial charge in [-0.2, -0.15) is 0 Å². The molecule has 59 heavy (non-hydrogen) atoms. The van der Waals surface area contributed by atoms with Crippen molar-refractivity contribution in [1.29, 1.82) is 0 Å². The van der Waals surface area contributed by atoms with Crippen LogP contribution in [0, 0.1) is 0 Å². The van der Waals surface area contributed by atoms with Crippen LogP contribution in [0.25, 0.3) is 0 Å². The molecular formula is C50H90N2O7. The van der Waals surface area contributed by atoms with Gasteiger partial charge in [-0.3, -0.25) is 14.4 Å². The molecule has 0 aliphatic rings. The number of aliphatic carboxylic acids is 1. The second kappa shape index (κ2) is 44.6. The molecule has 0 saturated carbocycles. The van der Waals surface area contributed by atoms with Crippen LogP contribution in [0.1, 0.15) is 232 Å². The fourth-order valence-corrected chi connectivity index (χ4v) is 7.11. The molecule has 9 heteroatoms. The zero-order valence-corrected chi connectivity index (χ0v) is 38.0. The highest BCUT2D eigenvalue weighted by atomic mass is 16.5. The van der Waals surface area contributed by atoms with Crippen molar-refractivity contribution >= 4 is 23.8 Å². The maximum Gasteiger partial charge on any atom is 0.328 e. The predicted octanol–water partition coefficient (Wildman–Crippen LogP) is 12.5. The van der Waals surface area contributed by atoms with E-state index < -0.39 is 24.5 Å². The quantitative estimate of drug-likeness (QED) is 0.0272. The van der Waals surface area contributed by atoms with Crippen LogP contribution in [-0.2, 0) is 23.9 Å². The minimum Gasteiger partial charge on any atom is -0.480 e. The Morgan fingerprint density at radius 2 is 0.966 bits per heavy atom. The maximum atomic E-state index is 12.8. The van der Waals surface area contributed by atoms with E-state index in [0.717, 1.165) is 64.2 Å². The summed E-state index contributed by atoms with van der Waals surface area (Å²) < 4.78 is 5.94. The minimum atomic E-state index is -1.39. The Bertz CT molecular complexity index is 1090. The summed E-state index contributed by atoms with van der Waals surface area (Å²) in [6.45, 7) is 3.45. The van der Waals surface area contributed by atoms with E-state index >= 15 is 0 Å². The lowest BCUT2D eigenvalue weighted by atomic mass is 10.0. The number of carboxylic acids is 1. The number of carbonyl (C=O) groups excluding carboxylic acids is 3. The van der Waals surface area contributed by atoms with E-state index in [0.29, 0.717) is 12.8 Å². The van der Waals surface area contributed by atoms with E-state index in [-0.39, 0.29) is 30.9 Å². The average molecular weight is 831 g/mol. The molecule has 0 bridgehead atoms. The third kappa shape index (κ3) is 41.6. The van der Waals surface area contributed by atoms with E-state index in [9.17, 15) is 19.2 Å². The number of unbranched alkanes of at least 4 members (excludes halogenated alkanes) is 26. The molecule has 0 aromatic carbocycles. The lowest BCUT2D eigenvalue weighted by Gasteiger charge is -2.15. The van der Waals surface area contributed by atoms with Crippen LogP contribution in [-0.4, -0.2) is 59.3 Å². The number of nitrogens with one attached hydrogen (secondary N) is 2. The van der Waals surface area contributed by atoms with E-state index in [4.69, 9.17) is 14.9 Å². The standard InChI is InChI=1S/C50H90N2O7/c1-3-5-7-9-11-13-15-16-17-18-19-20-21-22-23-25-27-29-34-38-42-49(56)59-45(39-35-31-28-26-24-14-12-10-8-6-4-2)40-36-32-30-33-37-41-47(54)51-43-48(55)52-46(44-53)50(57)58/h12,14,26,28,35,39,45-46,53H,3-11,13,15-25,27,29-34,36-38,40-44H2,1-2H3,(H,51,54)(H,52,55)(H,57,58)/b14-12-,28-26-,39-35-. The number of ether oxygens (including phenoxy) is 1. The fraction of sp³-hybridized carbons (Fsp3) is 0.800. The lowest BCUT2D eigenvalue weighted by molar-refractivity contribution is -0.147. The zero-order valence-electron chi connectivity index (χ0n) is 38.0. The summed E-state index contributed by atoms with van der Waals surface area (Å²) in [5, 5.41) is 22.6. The molecule has 4 N–H and O–H groups in total. The van der Waals surface area contributed by atoms with Crippen molar-refractivity contribution in [2.75, 3.05) is 13.2 Å². The van der Waals surface area contributed by atoms with Crippen LogP contribution >= 0.6 is 0 Å². The summed E-state index contributed by atoms with van der Waals surface area (Å²) in [7, 11) is 0. The van der Waals surface area contributed by atoms with E-state index in [1.807, 2.05) is 6.08 Å². The summed E-state index contributed by atoms with van der Waals surface area (Å²) in [5.74, 6) is -2.38. The first-order valence-corrected chi connectivity index (χ1v) is 24.4. The van der Waals surface area contributed by atoms with Gasteiger partial charge < -0.3 is 25.6 Å². The Balaban J connectivity index is 4.27. The zero-order chi connectivity index (χ0) is 43.3. The van der Waals surface area contributed by atoms with Gasteiger partial charge >= 0.3 is 11.9 Å². The summed E-state index contributed by atoms with van der Waals surface area (Å²) in [5.41, 5.74) is 0. The van der Waals surface area contributed by atoms with E-state index in [1.165, 1.54) is 135 Å². The second-order valence-corrected chi connectivity index (χ2v) is 16.6. The third-order valence-corrected chi connectivity index (χ3v) is 10.9. The summed E-state index contributed by atoms with van der Waals surface area (Å²) in [4.78, 5) is 47.6. The fourth-order valence-electron chi connectivity index (χ4n) is 7.11. The monoisotopic (exact) mass is 831 g/mol. The van der Waals surface area contributed by atoms with Gasteiger partial charge in [0.25, 0.3) is 0 Å². The van der Waals surface area contributed by atoms with Crippen molar-refractivity contribution in [3.63, 3.8) is 0 Å². The third-order valence-electron chi connectivity index (χ3n) is 10.9. The molecule has 0 radical (unpaired) electrons. The molecular weight excluding hydrogens is 741 g/mol. The van der Waals surface area contributed by atoms with Crippen molar-refractivity contribution in [3.05, 3.63) is 36.5 Å². The Hall–Kier alpha value is -2.94.